The number of fused-ring (bicyclic) bond motifs is 1. The molecule has 2 aromatic heterocycles. The van der Waals surface area contributed by atoms with Gasteiger partial charge in [0.25, 0.3) is 5.91 Å². The number of carbonyl (C=O) groups excluding carboxylic acids is 1. The zero-order valence-electron chi connectivity index (χ0n) is 16.0. The monoisotopic (exact) mass is 409 g/mol. The summed E-state index contributed by atoms with van der Waals surface area (Å²) in [4.78, 5) is 31.7. The number of hydrogen-bond donors (Lipinski definition) is 3. The number of hydrogen-bond acceptors (Lipinski definition) is 6. The largest absolute Gasteiger partial charge is 0.478 e. The minimum Gasteiger partial charge on any atom is -0.478 e. The van der Waals surface area contributed by atoms with Crippen molar-refractivity contribution in [1.29, 1.82) is 5.26 Å². The highest BCUT2D eigenvalue weighted by atomic mass is 16.4. The van der Waals surface area contributed by atoms with Crippen LogP contribution in [-0.2, 0) is 0 Å². The Morgan fingerprint density at radius 1 is 1.00 bits per heavy atom. The Morgan fingerprint density at radius 3 is 2.48 bits per heavy atom. The molecule has 8 nitrogen and oxygen atoms in total. The van der Waals surface area contributed by atoms with E-state index in [0.29, 0.717) is 28.0 Å². The molecule has 150 valence electrons. The molecule has 31 heavy (non-hydrogen) atoms. The van der Waals surface area contributed by atoms with Crippen molar-refractivity contribution in [1.82, 2.24) is 9.97 Å². The smallest absolute Gasteiger partial charge is 0.335 e. The first-order chi connectivity index (χ1) is 15.0. The first-order valence-corrected chi connectivity index (χ1v) is 9.16. The van der Waals surface area contributed by atoms with E-state index in [9.17, 15) is 14.7 Å². The molecule has 0 saturated carbocycles. The second-order valence-electron chi connectivity index (χ2n) is 6.70. The van der Waals surface area contributed by atoms with Crippen LogP contribution < -0.4 is 11.1 Å². The van der Waals surface area contributed by atoms with Gasteiger partial charge >= 0.3 is 5.97 Å². The number of carbonyl (C=O) groups is 2. The average molecular weight is 409 g/mol. The zero-order chi connectivity index (χ0) is 22.0. The van der Waals surface area contributed by atoms with E-state index in [1.807, 2.05) is 18.2 Å². The SMILES string of the molecule is N#Cc1ccc(-c2ccc3c(Nc4cccc(C(=O)O)c4)c(C(N)=O)cnc3c2)cn1. The van der Waals surface area contributed by atoms with Gasteiger partial charge in [-0.3, -0.25) is 9.78 Å². The van der Waals surface area contributed by atoms with E-state index in [1.54, 1.807) is 36.5 Å². The van der Waals surface area contributed by atoms with E-state index >= 15 is 0 Å². The quantitative estimate of drug-likeness (QED) is 0.456. The summed E-state index contributed by atoms with van der Waals surface area (Å²) >= 11 is 0. The minimum absolute atomic E-state index is 0.111. The van der Waals surface area contributed by atoms with E-state index in [1.165, 1.54) is 18.3 Å². The lowest BCUT2D eigenvalue weighted by atomic mass is 10.0. The van der Waals surface area contributed by atoms with Crippen LogP contribution in [-0.4, -0.2) is 27.0 Å². The molecule has 0 aliphatic rings. The van der Waals surface area contributed by atoms with Crippen molar-refractivity contribution in [3.05, 3.63) is 83.8 Å². The molecule has 0 fully saturated rings. The predicted molar refractivity (Wildman–Crippen MR) is 115 cm³/mol. The van der Waals surface area contributed by atoms with Gasteiger partial charge in [-0.25, -0.2) is 9.78 Å². The molecule has 0 spiro atoms. The van der Waals surface area contributed by atoms with Gasteiger partial charge in [0, 0.05) is 29.0 Å². The number of nitrogens with zero attached hydrogens (tertiary/aromatic N) is 3. The lowest BCUT2D eigenvalue weighted by Gasteiger charge is -2.14. The van der Waals surface area contributed by atoms with Gasteiger partial charge in [-0.2, -0.15) is 5.26 Å². The van der Waals surface area contributed by atoms with Gasteiger partial charge < -0.3 is 16.2 Å². The molecule has 4 N–H and O–H groups in total. The van der Waals surface area contributed by atoms with Crippen LogP contribution in [0.4, 0.5) is 11.4 Å². The fraction of sp³-hybridized carbons (Fsp3) is 0. The Hall–Kier alpha value is -4.77. The number of benzene rings is 2. The van der Waals surface area contributed by atoms with Crippen LogP contribution in [0.2, 0.25) is 0 Å². The molecule has 1 amide bonds. The first kappa shape index (κ1) is 19.5. The van der Waals surface area contributed by atoms with E-state index < -0.39 is 11.9 Å². The summed E-state index contributed by atoms with van der Waals surface area (Å²) in [6.07, 6.45) is 2.99. The number of anilines is 2. The predicted octanol–water partition coefficient (Wildman–Crippen LogP) is 3.71. The Morgan fingerprint density at radius 2 is 1.81 bits per heavy atom. The van der Waals surface area contributed by atoms with Gasteiger partial charge in [0.1, 0.15) is 11.8 Å². The summed E-state index contributed by atoms with van der Waals surface area (Å²) in [5, 5.41) is 21.9. The number of aromatic nitrogens is 2. The fourth-order valence-corrected chi connectivity index (χ4v) is 3.20. The highest BCUT2D eigenvalue weighted by molar-refractivity contribution is 6.08. The molecule has 0 unspecified atom stereocenters. The highest BCUT2D eigenvalue weighted by Crippen LogP contribution is 2.32. The Bertz CT molecular complexity index is 1370. The van der Waals surface area contributed by atoms with Crippen molar-refractivity contribution in [2.75, 3.05) is 5.32 Å². The summed E-state index contributed by atoms with van der Waals surface area (Å²) < 4.78 is 0. The molecule has 0 aliphatic heterocycles. The third-order valence-electron chi connectivity index (χ3n) is 4.72. The molecular formula is C23H15N5O3. The number of pyridine rings is 2. The Labute approximate surface area is 176 Å². The molecular weight excluding hydrogens is 394 g/mol. The van der Waals surface area contributed by atoms with Crippen LogP contribution in [0.5, 0.6) is 0 Å². The molecule has 2 aromatic carbocycles. The number of nitrogens with one attached hydrogen (secondary N) is 1. The summed E-state index contributed by atoms with van der Waals surface area (Å²) in [5.41, 5.74) is 9.33. The Kier molecular flexibility index (Phi) is 5.00. The van der Waals surface area contributed by atoms with E-state index in [-0.39, 0.29) is 11.1 Å². The van der Waals surface area contributed by atoms with Gasteiger partial charge in [0.05, 0.1) is 22.3 Å². The van der Waals surface area contributed by atoms with Crippen molar-refractivity contribution in [3.8, 4) is 17.2 Å². The maximum absolute atomic E-state index is 12.0. The van der Waals surface area contributed by atoms with E-state index in [4.69, 9.17) is 11.0 Å². The van der Waals surface area contributed by atoms with Gasteiger partial charge in [0.15, 0.2) is 0 Å². The van der Waals surface area contributed by atoms with Crippen molar-refractivity contribution in [2.45, 2.75) is 0 Å². The van der Waals surface area contributed by atoms with Crippen molar-refractivity contribution in [2.24, 2.45) is 5.73 Å². The van der Waals surface area contributed by atoms with Crippen molar-refractivity contribution in [3.63, 3.8) is 0 Å². The zero-order valence-corrected chi connectivity index (χ0v) is 16.0. The lowest BCUT2D eigenvalue weighted by Crippen LogP contribution is -2.14. The second kappa shape index (κ2) is 7.93. The molecule has 4 aromatic rings. The van der Waals surface area contributed by atoms with Gasteiger partial charge in [0.2, 0.25) is 0 Å². The number of rotatable bonds is 5. The van der Waals surface area contributed by atoms with Crippen LogP contribution >= 0.6 is 0 Å². The van der Waals surface area contributed by atoms with Crippen LogP contribution in [0.3, 0.4) is 0 Å². The van der Waals surface area contributed by atoms with Crippen LogP contribution in [0, 0.1) is 11.3 Å². The molecule has 0 saturated heterocycles. The van der Waals surface area contributed by atoms with Crippen molar-refractivity contribution >= 4 is 34.2 Å². The summed E-state index contributed by atoms with van der Waals surface area (Å²) in [6, 6.07) is 17.1. The van der Waals surface area contributed by atoms with Gasteiger partial charge in [-0.15, -0.1) is 0 Å². The number of carboxylic acid groups (broad SMARTS) is 1. The maximum atomic E-state index is 12.0. The third kappa shape index (κ3) is 3.88. The standard InChI is InChI=1S/C23H15N5O3/c24-10-17-6-4-15(11-26-17)13-5-7-18-20(9-13)27-12-19(22(25)29)21(18)28-16-3-1-2-14(8-16)23(30)31/h1-9,11-12H,(H2,25,29)(H,27,28)(H,30,31). The average Bonchev–Trinajstić information content (AvgIpc) is 2.79. The summed E-state index contributed by atoms with van der Waals surface area (Å²) in [7, 11) is 0. The van der Waals surface area contributed by atoms with Crippen LogP contribution in [0.25, 0.3) is 22.0 Å². The minimum atomic E-state index is -1.06. The molecule has 0 atom stereocenters. The number of amides is 1. The van der Waals surface area contributed by atoms with E-state index in [2.05, 4.69) is 15.3 Å². The molecule has 4 rings (SSSR count). The topological polar surface area (TPSA) is 142 Å². The maximum Gasteiger partial charge on any atom is 0.335 e. The molecule has 0 aliphatic carbocycles. The number of carboxylic acids is 1. The van der Waals surface area contributed by atoms with E-state index in [0.717, 1.165) is 11.1 Å². The second-order valence-corrected chi connectivity index (χ2v) is 6.70. The third-order valence-corrected chi connectivity index (χ3v) is 4.72. The van der Waals surface area contributed by atoms with Gasteiger partial charge in [-0.1, -0.05) is 18.2 Å². The molecule has 0 radical (unpaired) electrons. The van der Waals surface area contributed by atoms with Crippen LogP contribution in [0.15, 0.2) is 67.0 Å². The molecule has 0 bridgehead atoms. The first-order valence-electron chi connectivity index (χ1n) is 9.16. The lowest BCUT2D eigenvalue weighted by molar-refractivity contribution is 0.0696. The summed E-state index contributed by atoms with van der Waals surface area (Å²) in [5.74, 6) is -1.72. The van der Waals surface area contributed by atoms with Crippen molar-refractivity contribution < 1.29 is 14.7 Å². The number of aromatic carboxylic acids is 1. The highest BCUT2D eigenvalue weighted by Gasteiger charge is 2.15. The number of nitrogens with two attached hydrogens (primary N) is 1. The normalized spacial score (nSPS) is 10.4. The molecule has 8 heteroatoms. The fourth-order valence-electron chi connectivity index (χ4n) is 3.20. The number of nitriles is 1. The molecule has 2 heterocycles. The van der Waals surface area contributed by atoms with Gasteiger partial charge in [-0.05, 0) is 42.0 Å². The number of primary amides is 1. The summed E-state index contributed by atoms with van der Waals surface area (Å²) in [6.45, 7) is 0. The Balaban J connectivity index is 1.81. The van der Waals surface area contributed by atoms with Crippen LogP contribution in [0.1, 0.15) is 26.4 Å².